The van der Waals surface area contributed by atoms with Gasteiger partial charge in [-0.25, -0.2) is 0 Å². The molecule has 1 rings (SSSR count). The van der Waals surface area contributed by atoms with Crippen molar-refractivity contribution in [3.63, 3.8) is 0 Å². The lowest BCUT2D eigenvalue weighted by molar-refractivity contribution is 0.0938. The number of aromatic nitrogens is 1. The van der Waals surface area contributed by atoms with Crippen LogP contribution in [0, 0.1) is 6.92 Å². The van der Waals surface area contributed by atoms with E-state index in [1.54, 1.807) is 18.3 Å². The van der Waals surface area contributed by atoms with Crippen LogP contribution in [-0.2, 0) is 0 Å². The van der Waals surface area contributed by atoms with Crippen LogP contribution in [-0.4, -0.2) is 22.8 Å². The van der Waals surface area contributed by atoms with Crippen molar-refractivity contribution in [3.05, 3.63) is 29.6 Å². The number of rotatable bonds is 4. The van der Waals surface area contributed by atoms with Crippen LogP contribution in [0.25, 0.3) is 0 Å². The van der Waals surface area contributed by atoms with Gasteiger partial charge in [-0.15, -0.1) is 11.6 Å². The summed E-state index contributed by atoms with van der Waals surface area (Å²) in [7, 11) is 0. The highest BCUT2D eigenvalue weighted by Gasteiger charge is 2.12. The Balaban J connectivity index is 2.73. The number of halogens is 1. The van der Waals surface area contributed by atoms with Gasteiger partial charge in [-0.2, -0.15) is 0 Å². The van der Waals surface area contributed by atoms with E-state index in [9.17, 15) is 4.79 Å². The summed E-state index contributed by atoms with van der Waals surface area (Å²) in [6.45, 7) is 3.81. The number of carbonyl (C=O) groups excluding carboxylic acids is 1. The van der Waals surface area contributed by atoms with Gasteiger partial charge in [0.25, 0.3) is 5.91 Å². The maximum absolute atomic E-state index is 11.8. The summed E-state index contributed by atoms with van der Waals surface area (Å²) in [5.41, 5.74) is 1.35. The fourth-order valence-corrected chi connectivity index (χ4v) is 1.53. The molecule has 4 heteroatoms. The van der Waals surface area contributed by atoms with Crippen molar-refractivity contribution in [2.75, 3.05) is 5.88 Å². The third kappa shape index (κ3) is 3.20. The zero-order valence-electron chi connectivity index (χ0n) is 8.96. The molecule has 0 aliphatic carbocycles. The number of alkyl halides is 1. The van der Waals surface area contributed by atoms with Crippen molar-refractivity contribution < 1.29 is 4.79 Å². The second kappa shape index (κ2) is 5.71. The standard InChI is InChI=1S/C11H15ClN2O/c1-3-9(7-12)14-11(15)10-5-4-6-13-8(10)2/h4-6,9H,3,7H2,1-2H3,(H,14,15). The predicted octanol–water partition coefficient (Wildman–Crippen LogP) is 2.14. The molecular formula is C11H15ClN2O. The fraction of sp³-hybridized carbons (Fsp3) is 0.455. The maximum atomic E-state index is 11.8. The van der Waals surface area contributed by atoms with Crippen molar-refractivity contribution >= 4 is 17.5 Å². The van der Waals surface area contributed by atoms with Gasteiger partial charge in [0.15, 0.2) is 0 Å². The molecule has 1 amide bonds. The second-order valence-corrected chi connectivity index (χ2v) is 3.68. The molecule has 0 spiro atoms. The Morgan fingerprint density at radius 2 is 2.40 bits per heavy atom. The minimum absolute atomic E-state index is 0.0266. The zero-order chi connectivity index (χ0) is 11.3. The van der Waals surface area contributed by atoms with Crippen LogP contribution in [0.5, 0.6) is 0 Å². The Morgan fingerprint density at radius 1 is 1.67 bits per heavy atom. The van der Waals surface area contributed by atoms with E-state index in [1.807, 2.05) is 13.8 Å². The van der Waals surface area contributed by atoms with Crippen LogP contribution in [0.4, 0.5) is 0 Å². The molecule has 0 aliphatic rings. The molecule has 0 fully saturated rings. The smallest absolute Gasteiger partial charge is 0.253 e. The average Bonchev–Trinajstić information content (AvgIpc) is 2.26. The van der Waals surface area contributed by atoms with E-state index in [2.05, 4.69) is 10.3 Å². The van der Waals surface area contributed by atoms with Gasteiger partial charge in [0.2, 0.25) is 0 Å². The zero-order valence-corrected chi connectivity index (χ0v) is 9.71. The number of carbonyl (C=O) groups is 1. The molecular weight excluding hydrogens is 212 g/mol. The molecule has 1 aromatic heterocycles. The Hall–Kier alpha value is -1.09. The van der Waals surface area contributed by atoms with Crippen molar-refractivity contribution in [2.45, 2.75) is 26.3 Å². The molecule has 82 valence electrons. The van der Waals surface area contributed by atoms with Gasteiger partial charge in [0.1, 0.15) is 0 Å². The monoisotopic (exact) mass is 226 g/mol. The normalized spacial score (nSPS) is 12.2. The molecule has 1 unspecified atom stereocenters. The van der Waals surface area contributed by atoms with E-state index in [0.717, 1.165) is 12.1 Å². The maximum Gasteiger partial charge on any atom is 0.253 e. The van der Waals surface area contributed by atoms with Gasteiger partial charge in [-0.05, 0) is 25.5 Å². The molecule has 0 aliphatic heterocycles. The molecule has 0 radical (unpaired) electrons. The Morgan fingerprint density at radius 3 is 2.93 bits per heavy atom. The number of hydrogen-bond donors (Lipinski definition) is 1. The summed E-state index contributed by atoms with van der Waals surface area (Å²) in [6.07, 6.45) is 2.50. The van der Waals surface area contributed by atoms with Crippen LogP contribution in [0.1, 0.15) is 29.4 Å². The average molecular weight is 227 g/mol. The molecule has 3 nitrogen and oxygen atoms in total. The van der Waals surface area contributed by atoms with Gasteiger partial charge in [-0.3, -0.25) is 9.78 Å². The fourth-order valence-electron chi connectivity index (χ4n) is 1.24. The summed E-state index contributed by atoms with van der Waals surface area (Å²) in [5.74, 6) is 0.328. The van der Waals surface area contributed by atoms with Crippen LogP contribution in [0.15, 0.2) is 18.3 Å². The highest BCUT2D eigenvalue weighted by molar-refractivity contribution is 6.18. The second-order valence-electron chi connectivity index (χ2n) is 3.37. The lowest BCUT2D eigenvalue weighted by Crippen LogP contribution is -2.36. The van der Waals surface area contributed by atoms with E-state index in [4.69, 9.17) is 11.6 Å². The molecule has 0 saturated heterocycles. The number of nitrogens with zero attached hydrogens (tertiary/aromatic N) is 1. The van der Waals surface area contributed by atoms with Gasteiger partial charge in [0.05, 0.1) is 5.56 Å². The van der Waals surface area contributed by atoms with E-state index < -0.39 is 0 Å². The van der Waals surface area contributed by atoms with Gasteiger partial charge < -0.3 is 5.32 Å². The molecule has 1 N–H and O–H groups in total. The van der Waals surface area contributed by atoms with E-state index >= 15 is 0 Å². The Kier molecular flexibility index (Phi) is 4.56. The van der Waals surface area contributed by atoms with Crippen molar-refractivity contribution in [1.82, 2.24) is 10.3 Å². The minimum atomic E-state index is -0.104. The van der Waals surface area contributed by atoms with Crippen molar-refractivity contribution in [3.8, 4) is 0 Å². The summed E-state index contributed by atoms with van der Waals surface area (Å²) in [6, 6.07) is 3.54. The molecule has 1 aromatic rings. The molecule has 0 saturated carbocycles. The largest absolute Gasteiger partial charge is 0.348 e. The Labute approximate surface area is 94.9 Å². The first-order valence-corrected chi connectivity index (χ1v) is 5.51. The minimum Gasteiger partial charge on any atom is -0.348 e. The molecule has 0 bridgehead atoms. The summed E-state index contributed by atoms with van der Waals surface area (Å²) in [5, 5.41) is 2.86. The van der Waals surface area contributed by atoms with E-state index in [0.29, 0.717) is 11.4 Å². The third-order valence-electron chi connectivity index (χ3n) is 2.27. The third-order valence-corrected chi connectivity index (χ3v) is 2.64. The lowest BCUT2D eigenvalue weighted by atomic mass is 10.1. The lowest BCUT2D eigenvalue weighted by Gasteiger charge is -2.14. The number of aryl methyl sites for hydroxylation is 1. The topological polar surface area (TPSA) is 42.0 Å². The molecule has 1 atom stereocenters. The molecule has 15 heavy (non-hydrogen) atoms. The highest BCUT2D eigenvalue weighted by atomic mass is 35.5. The molecule has 1 heterocycles. The SMILES string of the molecule is CCC(CCl)NC(=O)c1cccnc1C. The summed E-state index contributed by atoms with van der Waals surface area (Å²) < 4.78 is 0. The van der Waals surface area contributed by atoms with Gasteiger partial charge in [0, 0.05) is 23.8 Å². The quantitative estimate of drug-likeness (QED) is 0.800. The van der Waals surface area contributed by atoms with E-state index in [-0.39, 0.29) is 11.9 Å². The van der Waals surface area contributed by atoms with Gasteiger partial charge >= 0.3 is 0 Å². The van der Waals surface area contributed by atoms with Gasteiger partial charge in [-0.1, -0.05) is 6.92 Å². The number of pyridine rings is 1. The van der Waals surface area contributed by atoms with Crippen LogP contribution >= 0.6 is 11.6 Å². The first-order valence-electron chi connectivity index (χ1n) is 4.97. The number of amides is 1. The Bertz CT molecular complexity index is 337. The van der Waals surface area contributed by atoms with E-state index in [1.165, 1.54) is 0 Å². The molecule has 0 aromatic carbocycles. The first kappa shape index (κ1) is 12.0. The van der Waals surface area contributed by atoms with Crippen LogP contribution in [0.3, 0.4) is 0 Å². The first-order chi connectivity index (χ1) is 7.19. The van der Waals surface area contributed by atoms with Crippen molar-refractivity contribution in [1.29, 1.82) is 0 Å². The van der Waals surface area contributed by atoms with Crippen LogP contribution < -0.4 is 5.32 Å². The van der Waals surface area contributed by atoms with Crippen LogP contribution in [0.2, 0.25) is 0 Å². The predicted molar refractivity (Wildman–Crippen MR) is 61.2 cm³/mol. The highest BCUT2D eigenvalue weighted by Crippen LogP contribution is 2.04. The van der Waals surface area contributed by atoms with Crippen molar-refractivity contribution in [2.24, 2.45) is 0 Å². The number of nitrogens with one attached hydrogen (secondary N) is 1. The summed E-state index contributed by atoms with van der Waals surface area (Å²) >= 11 is 5.71. The summed E-state index contributed by atoms with van der Waals surface area (Å²) in [4.78, 5) is 15.8. The number of hydrogen-bond acceptors (Lipinski definition) is 2.